The Hall–Kier alpha value is -5.06. The highest BCUT2D eigenvalue weighted by Crippen LogP contribution is 2.30. The van der Waals surface area contributed by atoms with Crippen molar-refractivity contribution < 1.29 is 59.1 Å². The van der Waals surface area contributed by atoms with Crippen LogP contribution in [0.25, 0.3) is 0 Å². The minimum absolute atomic E-state index is 0.0434. The second-order valence-electron chi connectivity index (χ2n) is 11.8. The van der Waals surface area contributed by atoms with Crippen molar-refractivity contribution in [2.75, 3.05) is 6.54 Å². The molecule has 3 aromatic rings. The minimum Gasteiger partial charge on any atom is -0.344 e. The lowest BCUT2D eigenvalue weighted by molar-refractivity contribution is -0.165. The predicted octanol–water partition coefficient (Wildman–Crippen LogP) is 5.18. The number of halogens is 9. The van der Waals surface area contributed by atoms with Gasteiger partial charge in [0, 0.05) is 17.0 Å². The van der Waals surface area contributed by atoms with E-state index in [0.29, 0.717) is 0 Å². The van der Waals surface area contributed by atoms with Gasteiger partial charge >= 0.3 is 18.0 Å². The van der Waals surface area contributed by atoms with Gasteiger partial charge in [-0.05, 0) is 41.3 Å². The van der Waals surface area contributed by atoms with Crippen LogP contribution in [0.3, 0.4) is 0 Å². The Morgan fingerprint density at radius 2 is 1.37 bits per heavy atom. The first-order valence-electron chi connectivity index (χ1n) is 15.3. The molecular formula is C34H31ClF8N4O5. The maximum Gasteiger partial charge on any atom is 0.405 e. The van der Waals surface area contributed by atoms with Gasteiger partial charge in [0.2, 0.25) is 17.6 Å². The van der Waals surface area contributed by atoms with Gasteiger partial charge in [-0.25, -0.2) is 4.39 Å². The fourth-order valence-corrected chi connectivity index (χ4v) is 4.92. The number of hydrogen-bond donors (Lipinski definition) is 4. The molecular weight excluding hydrogens is 732 g/mol. The Morgan fingerprint density at radius 3 is 1.94 bits per heavy atom. The lowest BCUT2D eigenvalue weighted by Gasteiger charge is -2.29. The molecule has 0 saturated heterocycles. The molecule has 0 aliphatic rings. The normalized spacial score (nSPS) is 13.8. The molecule has 0 spiro atoms. The summed E-state index contributed by atoms with van der Waals surface area (Å²) in [6.45, 7) is 0.175. The first kappa shape index (κ1) is 41.4. The standard InChI is InChI=1S/C34H31ClF8N4O5/c1-18(2)25(27(48)34(42,43)30(51)44-17-32(37,38)39)46-29(50)26(20-9-4-3-5-10-20)47-28(49)24(15-19-8-6-13-23(36)14-19)45-31(52)33(40,41)21-11-7-12-22(35)16-21/h3-14,16,18,24-26H,15,17H2,1-2H3,(H,44,51)(H,45,52)(H,46,50)(H,47,49)/t24?,25-,26?/m0/s1. The summed E-state index contributed by atoms with van der Waals surface area (Å²) in [5, 5.41) is 6.90. The minimum atomic E-state index is -5.08. The van der Waals surface area contributed by atoms with E-state index in [0.717, 1.165) is 35.6 Å². The highest BCUT2D eigenvalue weighted by molar-refractivity contribution is 6.30. The number of benzene rings is 3. The molecule has 18 heteroatoms. The molecule has 3 rings (SSSR count). The van der Waals surface area contributed by atoms with Gasteiger partial charge in [-0.3, -0.25) is 24.0 Å². The van der Waals surface area contributed by atoms with E-state index >= 15 is 8.78 Å². The zero-order valence-electron chi connectivity index (χ0n) is 27.2. The number of Topliss-reactive ketones (excluding diaryl/α,β-unsaturated/α-hetero) is 1. The van der Waals surface area contributed by atoms with Crippen molar-refractivity contribution in [3.05, 3.63) is 106 Å². The van der Waals surface area contributed by atoms with Crippen LogP contribution in [0.4, 0.5) is 35.1 Å². The SMILES string of the molecule is CC(C)[C@H](NC(=O)C(NC(=O)C(Cc1cccc(F)c1)NC(=O)C(F)(F)c1cccc(Cl)c1)c1ccccc1)C(=O)C(F)(F)C(=O)NCC(F)(F)F. The number of alkyl halides is 7. The van der Waals surface area contributed by atoms with Crippen molar-refractivity contribution in [1.29, 1.82) is 0 Å². The Balaban J connectivity index is 1.95. The molecule has 0 aromatic heterocycles. The van der Waals surface area contributed by atoms with E-state index in [1.807, 2.05) is 10.6 Å². The van der Waals surface area contributed by atoms with Gasteiger partial charge in [0.05, 0.1) is 6.04 Å². The van der Waals surface area contributed by atoms with Gasteiger partial charge in [0.15, 0.2) is 0 Å². The fraction of sp³-hybridized carbons (Fsp3) is 0.324. The summed E-state index contributed by atoms with van der Waals surface area (Å²) in [5.41, 5.74) is -0.834. The molecule has 0 aliphatic carbocycles. The maximum absolute atomic E-state index is 15.3. The molecule has 0 fully saturated rings. The van der Waals surface area contributed by atoms with Crippen LogP contribution in [-0.2, 0) is 36.3 Å². The summed E-state index contributed by atoms with van der Waals surface area (Å²) in [7, 11) is 0. The van der Waals surface area contributed by atoms with E-state index in [2.05, 4.69) is 5.32 Å². The monoisotopic (exact) mass is 762 g/mol. The first-order chi connectivity index (χ1) is 24.1. The predicted molar refractivity (Wildman–Crippen MR) is 170 cm³/mol. The van der Waals surface area contributed by atoms with Crippen LogP contribution >= 0.6 is 11.6 Å². The number of carbonyl (C=O) groups excluding carboxylic acids is 5. The first-order valence-corrected chi connectivity index (χ1v) is 15.6. The zero-order chi connectivity index (χ0) is 39.0. The largest absolute Gasteiger partial charge is 0.405 e. The molecule has 3 atom stereocenters. The second-order valence-corrected chi connectivity index (χ2v) is 12.2. The molecule has 3 aromatic carbocycles. The van der Waals surface area contributed by atoms with Crippen molar-refractivity contribution in [2.45, 2.75) is 56.4 Å². The molecule has 280 valence electrons. The third-order valence-electron chi connectivity index (χ3n) is 7.40. The number of hydrogen-bond acceptors (Lipinski definition) is 5. The second kappa shape index (κ2) is 17.0. The van der Waals surface area contributed by atoms with Gasteiger partial charge in [-0.15, -0.1) is 0 Å². The molecule has 0 heterocycles. The van der Waals surface area contributed by atoms with Crippen LogP contribution in [-0.4, -0.2) is 60.1 Å². The van der Waals surface area contributed by atoms with E-state index < -0.39 is 95.8 Å². The molecule has 2 unspecified atom stereocenters. The molecule has 0 aliphatic heterocycles. The van der Waals surface area contributed by atoms with Crippen molar-refractivity contribution in [2.24, 2.45) is 5.92 Å². The van der Waals surface area contributed by atoms with Crippen LogP contribution < -0.4 is 21.3 Å². The Labute approximate surface area is 296 Å². The molecule has 0 saturated carbocycles. The summed E-state index contributed by atoms with van der Waals surface area (Å²) in [5.74, 6) is -20.8. The molecule has 9 nitrogen and oxygen atoms in total. The van der Waals surface area contributed by atoms with Crippen molar-refractivity contribution in [3.63, 3.8) is 0 Å². The Bertz CT molecular complexity index is 1780. The maximum atomic E-state index is 15.3. The van der Waals surface area contributed by atoms with Gasteiger partial charge in [0.25, 0.3) is 11.8 Å². The lowest BCUT2D eigenvalue weighted by atomic mass is 9.94. The van der Waals surface area contributed by atoms with Crippen LogP contribution in [0.2, 0.25) is 5.02 Å². The van der Waals surface area contributed by atoms with E-state index in [4.69, 9.17) is 11.6 Å². The van der Waals surface area contributed by atoms with Gasteiger partial charge < -0.3 is 21.3 Å². The smallest absolute Gasteiger partial charge is 0.344 e. The van der Waals surface area contributed by atoms with Crippen molar-refractivity contribution in [3.8, 4) is 0 Å². The third kappa shape index (κ3) is 11.0. The molecule has 0 radical (unpaired) electrons. The summed E-state index contributed by atoms with van der Waals surface area (Å²) in [6, 6.07) is 9.52. The lowest BCUT2D eigenvalue weighted by Crippen LogP contribution is -2.59. The average molecular weight is 763 g/mol. The average Bonchev–Trinajstić information content (AvgIpc) is 3.07. The van der Waals surface area contributed by atoms with Gasteiger partial charge in [-0.1, -0.05) is 80.0 Å². The van der Waals surface area contributed by atoms with Gasteiger partial charge in [-0.2, -0.15) is 30.7 Å². The summed E-state index contributed by atoms with van der Waals surface area (Å²) < 4.78 is 112. The molecule has 52 heavy (non-hydrogen) atoms. The van der Waals surface area contributed by atoms with Crippen LogP contribution in [0, 0.1) is 11.7 Å². The summed E-state index contributed by atoms with van der Waals surface area (Å²) >= 11 is 5.80. The third-order valence-corrected chi connectivity index (χ3v) is 7.63. The van der Waals surface area contributed by atoms with Crippen molar-refractivity contribution >= 4 is 41.0 Å². The molecule has 0 bridgehead atoms. The fourth-order valence-electron chi connectivity index (χ4n) is 4.73. The topological polar surface area (TPSA) is 133 Å². The van der Waals surface area contributed by atoms with Crippen LogP contribution in [0.15, 0.2) is 78.9 Å². The zero-order valence-corrected chi connectivity index (χ0v) is 27.9. The van der Waals surface area contributed by atoms with Crippen LogP contribution in [0.1, 0.15) is 36.6 Å². The number of carbonyl (C=O) groups is 5. The Morgan fingerprint density at radius 1 is 0.731 bits per heavy atom. The summed E-state index contributed by atoms with van der Waals surface area (Å²) in [4.78, 5) is 65.0. The van der Waals surface area contributed by atoms with E-state index in [-0.39, 0.29) is 16.1 Å². The highest BCUT2D eigenvalue weighted by atomic mass is 35.5. The van der Waals surface area contributed by atoms with Crippen molar-refractivity contribution in [1.82, 2.24) is 21.3 Å². The van der Waals surface area contributed by atoms with Gasteiger partial charge in [0.1, 0.15) is 24.4 Å². The molecule has 4 amide bonds. The molecule has 4 N–H and O–H groups in total. The number of amides is 4. The van der Waals surface area contributed by atoms with E-state index in [9.17, 15) is 50.3 Å². The number of ketones is 1. The number of nitrogens with one attached hydrogen (secondary N) is 4. The van der Waals surface area contributed by atoms with E-state index in [1.54, 1.807) is 0 Å². The Kier molecular flexibility index (Phi) is 13.5. The van der Waals surface area contributed by atoms with Crippen LogP contribution in [0.5, 0.6) is 0 Å². The quantitative estimate of drug-likeness (QED) is 0.125. The highest BCUT2D eigenvalue weighted by Gasteiger charge is 2.52. The summed E-state index contributed by atoms with van der Waals surface area (Å²) in [6.07, 6.45) is -5.69. The van der Waals surface area contributed by atoms with E-state index in [1.165, 1.54) is 62.4 Å². The number of rotatable bonds is 15.